The third-order valence-corrected chi connectivity index (χ3v) is 1.91. The van der Waals surface area contributed by atoms with Crippen molar-refractivity contribution < 1.29 is 9.53 Å². The van der Waals surface area contributed by atoms with E-state index < -0.39 is 5.97 Å². The third-order valence-electron chi connectivity index (χ3n) is 1.91. The van der Waals surface area contributed by atoms with Gasteiger partial charge in [-0.05, 0) is 24.6 Å². The van der Waals surface area contributed by atoms with Crippen molar-refractivity contribution in [1.29, 1.82) is 0 Å². The summed E-state index contributed by atoms with van der Waals surface area (Å²) in [6.45, 7) is 2.06. The fourth-order valence-corrected chi connectivity index (χ4v) is 1.09. The molecule has 3 nitrogen and oxygen atoms in total. The number of benzene rings is 1. The molecule has 0 aliphatic heterocycles. The van der Waals surface area contributed by atoms with E-state index in [4.69, 9.17) is 10.5 Å². The fourth-order valence-electron chi connectivity index (χ4n) is 1.09. The number of carbonyl (C=O) groups is 1. The van der Waals surface area contributed by atoms with Crippen molar-refractivity contribution in [3.05, 3.63) is 42.2 Å². The van der Waals surface area contributed by atoms with Crippen molar-refractivity contribution in [3.8, 4) is 0 Å². The molecule has 0 aliphatic carbocycles. The summed E-state index contributed by atoms with van der Waals surface area (Å²) >= 11 is 0. The van der Waals surface area contributed by atoms with Gasteiger partial charge in [0.2, 0.25) is 0 Å². The minimum Gasteiger partial charge on any atom is -0.431 e. The van der Waals surface area contributed by atoms with Gasteiger partial charge >= 0.3 is 5.97 Å². The lowest BCUT2D eigenvalue weighted by molar-refractivity contribution is 0.0663. The fraction of sp³-hybridized carbons (Fsp3) is 0.250. The normalized spacial score (nSPS) is 10.5. The van der Waals surface area contributed by atoms with Crippen LogP contribution in [0.2, 0.25) is 0 Å². The lowest BCUT2D eigenvalue weighted by Crippen LogP contribution is -2.04. The van der Waals surface area contributed by atoms with Crippen molar-refractivity contribution in [2.45, 2.75) is 19.8 Å². The van der Waals surface area contributed by atoms with E-state index in [0.29, 0.717) is 11.3 Å². The second-order valence-electron chi connectivity index (χ2n) is 3.15. The number of unbranched alkanes of at least 4 members (excludes halogenated alkanes) is 1. The zero-order chi connectivity index (χ0) is 11.1. The van der Waals surface area contributed by atoms with Crippen molar-refractivity contribution in [2.75, 3.05) is 5.73 Å². The number of carbonyl (C=O) groups excluding carboxylic acids is 1. The van der Waals surface area contributed by atoms with Crippen LogP contribution in [-0.2, 0) is 4.74 Å². The van der Waals surface area contributed by atoms with Gasteiger partial charge in [0.1, 0.15) is 0 Å². The zero-order valence-electron chi connectivity index (χ0n) is 8.77. The number of anilines is 1. The van der Waals surface area contributed by atoms with Crippen LogP contribution >= 0.6 is 0 Å². The molecule has 0 fully saturated rings. The highest BCUT2D eigenvalue weighted by Crippen LogP contribution is 2.11. The molecular formula is C12H15NO2. The lowest BCUT2D eigenvalue weighted by atomic mass is 10.2. The quantitative estimate of drug-likeness (QED) is 0.467. The second-order valence-corrected chi connectivity index (χ2v) is 3.15. The van der Waals surface area contributed by atoms with E-state index in [9.17, 15) is 4.79 Å². The monoisotopic (exact) mass is 205 g/mol. The molecule has 0 saturated carbocycles. The summed E-state index contributed by atoms with van der Waals surface area (Å²) < 4.78 is 4.91. The summed E-state index contributed by atoms with van der Waals surface area (Å²) in [5, 5.41) is 0. The van der Waals surface area contributed by atoms with Gasteiger partial charge in [-0.15, -0.1) is 0 Å². The molecule has 0 atom stereocenters. The molecule has 2 N–H and O–H groups in total. The Labute approximate surface area is 89.5 Å². The smallest absolute Gasteiger partial charge is 0.345 e. The van der Waals surface area contributed by atoms with Crippen LogP contribution in [-0.4, -0.2) is 5.97 Å². The van der Waals surface area contributed by atoms with Crippen LogP contribution in [0.15, 0.2) is 36.6 Å². The van der Waals surface area contributed by atoms with E-state index >= 15 is 0 Å². The van der Waals surface area contributed by atoms with Crippen molar-refractivity contribution >= 4 is 11.7 Å². The molecule has 1 rings (SSSR count). The highest BCUT2D eigenvalue weighted by atomic mass is 16.5. The molecule has 1 aromatic rings. The molecule has 3 heteroatoms. The van der Waals surface area contributed by atoms with Gasteiger partial charge in [-0.1, -0.05) is 25.5 Å². The number of hydrogen-bond donors (Lipinski definition) is 1. The van der Waals surface area contributed by atoms with Crippen LogP contribution in [0.1, 0.15) is 30.1 Å². The van der Waals surface area contributed by atoms with Crippen LogP contribution in [0.3, 0.4) is 0 Å². The van der Waals surface area contributed by atoms with Gasteiger partial charge in [0, 0.05) is 5.69 Å². The summed E-state index contributed by atoms with van der Waals surface area (Å²) in [6.07, 6.45) is 5.16. The average Bonchev–Trinajstić information content (AvgIpc) is 2.25. The van der Waals surface area contributed by atoms with E-state index in [1.807, 2.05) is 6.08 Å². The van der Waals surface area contributed by atoms with Crippen molar-refractivity contribution in [2.24, 2.45) is 0 Å². The Morgan fingerprint density at radius 2 is 2.20 bits per heavy atom. The van der Waals surface area contributed by atoms with Gasteiger partial charge in [0.15, 0.2) is 0 Å². The van der Waals surface area contributed by atoms with Gasteiger partial charge < -0.3 is 10.5 Å². The third kappa shape index (κ3) is 3.46. The standard InChI is InChI=1S/C12H15NO2/c1-2-3-6-9-15-12(14)10-7-4-5-8-11(10)13/h4-9H,2-3,13H2,1H3/b9-6+. The predicted octanol–water partition coefficient (Wildman–Crippen LogP) is 2.74. The van der Waals surface area contributed by atoms with Crippen LogP contribution in [0.4, 0.5) is 5.69 Å². The molecule has 0 saturated heterocycles. The van der Waals surface area contributed by atoms with Gasteiger partial charge in [0.05, 0.1) is 11.8 Å². The summed E-state index contributed by atoms with van der Waals surface area (Å²) in [5.74, 6) is -0.416. The Morgan fingerprint density at radius 3 is 2.87 bits per heavy atom. The minimum atomic E-state index is -0.416. The highest BCUT2D eigenvalue weighted by molar-refractivity contribution is 5.95. The van der Waals surface area contributed by atoms with Crippen LogP contribution in [0.25, 0.3) is 0 Å². The number of rotatable bonds is 4. The van der Waals surface area contributed by atoms with E-state index in [-0.39, 0.29) is 0 Å². The molecule has 1 aromatic carbocycles. The number of nitrogen functional groups attached to an aromatic ring is 1. The van der Waals surface area contributed by atoms with E-state index in [1.165, 1.54) is 6.26 Å². The van der Waals surface area contributed by atoms with Gasteiger partial charge in [-0.3, -0.25) is 0 Å². The molecule has 0 bridgehead atoms. The first-order chi connectivity index (χ1) is 7.25. The number of nitrogens with two attached hydrogens (primary N) is 1. The Hall–Kier alpha value is -1.77. The summed E-state index contributed by atoms with van der Waals surface area (Å²) in [4.78, 5) is 11.5. The number of ether oxygens (including phenoxy) is 1. The van der Waals surface area contributed by atoms with Gasteiger partial charge in [-0.2, -0.15) is 0 Å². The first kappa shape index (κ1) is 11.3. The van der Waals surface area contributed by atoms with Crippen molar-refractivity contribution in [3.63, 3.8) is 0 Å². The minimum absolute atomic E-state index is 0.402. The van der Waals surface area contributed by atoms with Crippen LogP contribution < -0.4 is 5.73 Å². The molecule has 0 aromatic heterocycles. The van der Waals surface area contributed by atoms with Crippen LogP contribution in [0, 0.1) is 0 Å². The molecule has 0 unspecified atom stereocenters. The van der Waals surface area contributed by atoms with Crippen molar-refractivity contribution in [1.82, 2.24) is 0 Å². The summed E-state index contributed by atoms with van der Waals surface area (Å²) in [6, 6.07) is 6.85. The lowest BCUT2D eigenvalue weighted by Gasteiger charge is -2.02. The Kier molecular flexibility index (Phi) is 4.41. The molecule has 0 aliphatic rings. The molecule has 0 radical (unpaired) electrons. The first-order valence-electron chi connectivity index (χ1n) is 4.96. The van der Waals surface area contributed by atoms with E-state index in [2.05, 4.69) is 6.92 Å². The Morgan fingerprint density at radius 1 is 1.47 bits per heavy atom. The van der Waals surface area contributed by atoms with Gasteiger partial charge in [-0.25, -0.2) is 4.79 Å². The molecular weight excluding hydrogens is 190 g/mol. The first-order valence-corrected chi connectivity index (χ1v) is 4.96. The maximum Gasteiger partial charge on any atom is 0.345 e. The zero-order valence-corrected chi connectivity index (χ0v) is 8.77. The summed E-state index contributed by atoms with van der Waals surface area (Å²) in [7, 11) is 0. The molecule has 0 amide bonds. The Balaban J connectivity index is 2.58. The van der Waals surface area contributed by atoms with Gasteiger partial charge in [0.25, 0.3) is 0 Å². The predicted molar refractivity (Wildman–Crippen MR) is 60.3 cm³/mol. The van der Waals surface area contributed by atoms with E-state index in [0.717, 1.165) is 12.8 Å². The largest absolute Gasteiger partial charge is 0.431 e. The average molecular weight is 205 g/mol. The molecule has 0 heterocycles. The molecule has 0 spiro atoms. The number of esters is 1. The van der Waals surface area contributed by atoms with Crippen LogP contribution in [0.5, 0.6) is 0 Å². The highest BCUT2D eigenvalue weighted by Gasteiger charge is 2.08. The number of hydrogen-bond acceptors (Lipinski definition) is 3. The second kappa shape index (κ2) is 5.86. The SMILES string of the molecule is CCC/C=C/OC(=O)c1ccccc1N. The number of para-hydroxylation sites is 1. The van der Waals surface area contributed by atoms with E-state index in [1.54, 1.807) is 24.3 Å². The number of allylic oxidation sites excluding steroid dienone is 1. The molecule has 80 valence electrons. The topological polar surface area (TPSA) is 52.3 Å². The maximum atomic E-state index is 11.5. The summed E-state index contributed by atoms with van der Waals surface area (Å²) in [5.41, 5.74) is 6.46. The maximum absolute atomic E-state index is 11.5. The Bertz CT molecular complexity index is 358. The molecule has 15 heavy (non-hydrogen) atoms.